The summed E-state index contributed by atoms with van der Waals surface area (Å²) in [6.07, 6.45) is 17.6. The number of esters is 1. The van der Waals surface area contributed by atoms with Crippen LogP contribution in [-0.2, 0) is 9.53 Å². The number of carbonyl (C=O) groups excluding carboxylic acids is 1. The lowest BCUT2D eigenvalue weighted by Gasteiger charge is -2.02. The zero-order valence-electron chi connectivity index (χ0n) is 13.0. The maximum absolute atomic E-state index is 11.1. The fourth-order valence-corrected chi connectivity index (χ4v) is 2.03. The second-order valence-corrected chi connectivity index (χ2v) is 5.08. The average molecular weight is 268 g/mol. The van der Waals surface area contributed by atoms with E-state index in [-0.39, 0.29) is 5.97 Å². The molecular formula is C17H32O2. The Morgan fingerprint density at radius 2 is 1.42 bits per heavy atom. The number of ether oxygens (including phenoxy) is 1. The highest BCUT2D eigenvalue weighted by Gasteiger charge is 2.00. The van der Waals surface area contributed by atoms with Crippen molar-refractivity contribution in [1.29, 1.82) is 0 Å². The quantitative estimate of drug-likeness (QED) is 0.253. The van der Waals surface area contributed by atoms with Crippen molar-refractivity contribution in [3.63, 3.8) is 0 Å². The molecule has 2 heteroatoms. The van der Waals surface area contributed by atoms with E-state index in [9.17, 15) is 4.79 Å². The fraction of sp³-hybridized carbons (Fsp3) is 0.824. The molecule has 0 saturated heterocycles. The van der Waals surface area contributed by atoms with Gasteiger partial charge in [0.05, 0.1) is 6.61 Å². The minimum atomic E-state index is -0.0419. The van der Waals surface area contributed by atoms with Crippen LogP contribution in [0.2, 0.25) is 0 Å². The largest absolute Gasteiger partial charge is 0.466 e. The lowest BCUT2D eigenvalue weighted by molar-refractivity contribution is -0.143. The van der Waals surface area contributed by atoms with Gasteiger partial charge >= 0.3 is 5.97 Å². The van der Waals surface area contributed by atoms with Crippen LogP contribution in [-0.4, -0.2) is 12.6 Å². The van der Waals surface area contributed by atoms with Crippen LogP contribution in [0.25, 0.3) is 0 Å². The standard InChI is InChI=1S/C17H32O2/c1-3-5-6-7-8-9-10-11-12-13-14-15-16-17(18)19-4-2/h7-8H,3-6,9-16H2,1-2H3. The maximum atomic E-state index is 11.1. The van der Waals surface area contributed by atoms with Crippen molar-refractivity contribution in [3.05, 3.63) is 12.2 Å². The first-order chi connectivity index (χ1) is 9.31. The van der Waals surface area contributed by atoms with Gasteiger partial charge in [-0.2, -0.15) is 0 Å². The topological polar surface area (TPSA) is 26.3 Å². The van der Waals surface area contributed by atoms with Crippen molar-refractivity contribution >= 4 is 5.97 Å². The number of unbranched alkanes of at least 4 members (excludes halogenated alkanes) is 8. The third-order valence-electron chi connectivity index (χ3n) is 3.20. The van der Waals surface area contributed by atoms with E-state index >= 15 is 0 Å². The second-order valence-electron chi connectivity index (χ2n) is 5.08. The minimum absolute atomic E-state index is 0.0419. The van der Waals surface area contributed by atoms with Gasteiger partial charge in [-0.05, 0) is 32.6 Å². The van der Waals surface area contributed by atoms with E-state index in [1.54, 1.807) is 0 Å². The Labute approximate surface area is 119 Å². The molecule has 0 saturated carbocycles. The summed E-state index contributed by atoms with van der Waals surface area (Å²) in [6.45, 7) is 4.59. The van der Waals surface area contributed by atoms with E-state index in [0.717, 1.165) is 12.8 Å². The minimum Gasteiger partial charge on any atom is -0.466 e. The first-order valence-electron chi connectivity index (χ1n) is 8.11. The van der Waals surface area contributed by atoms with Crippen molar-refractivity contribution < 1.29 is 9.53 Å². The van der Waals surface area contributed by atoms with Crippen LogP contribution in [0.15, 0.2) is 12.2 Å². The molecule has 2 nitrogen and oxygen atoms in total. The summed E-state index contributed by atoms with van der Waals surface area (Å²) in [6, 6.07) is 0. The molecular weight excluding hydrogens is 236 g/mol. The molecule has 0 N–H and O–H groups in total. The van der Waals surface area contributed by atoms with Gasteiger partial charge < -0.3 is 4.74 Å². The van der Waals surface area contributed by atoms with E-state index in [1.807, 2.05) is 6.92 Å². The highest BCUT2D eigenvalue weighted by molar-refractivity contribution is 5.69. The van der Waals surface area contributed by atoms with Crippen LogP contribution in [0.3, 0.4) is 0 Å². The Bertz CT molecular complexity index is 221. The Kier molecular flexibility index (Phi) is 14.6. The molecule has 0 fully saturated rings. The third kappa shape index (κ3) is 15.2. The van der Waals surface area contributed by atoms with Crippen LogP contribution >= 0.6 is 0 Å². The highest BCUT2D eigenvalue weighted by atomic mass is 16.5. The van der Waals surface area contributed by atoms with Crippen LogP contribution in [0.4, 0.5) is 0 Å². The Balaban J connectivity index is 3.10. The average Bonchev–Trinajstić information content (AvgIpc) is 2.40. The monoisotopic (exact) mass is 268 g/mol. The number of carbonyl (C=O) groups is 1. The summed E-state index contributed by atoms with van der Waals surface area (Å²) in [4.78, 5) is 11.1. The van der Waals surface area contributed by atoms with Crippen molar-refractivity contribution in [2.24, 2.45) is 0 Å². The van der Waals surface area contributed by atoms with Crippen molar-refractivity contribution in [3.8, 4) is 0 Å². The SMILES string of the molecule is CCCCC=CCCCCCCCCC(=O)OCC. The number of hydrogen-bond donors (Lipinski definition) is 0. The van der Waals surface area contributed by atoms with E-state index in [2.05, 4.69) is 19.1 Å². The summed E-state index contributed by atoms with van der Waals surface area (Å²) in [7, 11) is 0. The van der Waals surface area contributed by atoms with Gasteiger partial charge in [-0.15, -0.1) is 0 Å². The van der Waals surface area contributed by atoms with Gasteiger partial charge in [0.2, 0.25) is 0 Å². The zero-order chi connectivity index (χ0) is 14.2. The zero-order valence-corrected chi connectivity index (χ0v) is 13.0. The molecule has 0 heterocycles. The van der Waals surface area contributed by atoms with Crippen LogP contribution in [0, 0.1) is 0 Å². The molecule has 0 amide bonds. The van der Waals surface area contributed by atoms with Gasteiger partial charge in [-0.3, -0.25) is 4.79 Å². The Hall–Kier alpha value is -0.790. The van der Waals surface area contributed by atoms with Gasteiger partial charge in [0.15, 0.2) is 0 Å². The van der Waals surface area contributed by atoms with Crippen molar-refractivity contribution in [2.45, 2.75) is 84.5 Å². The molecule has 0 aliphatic rings. The molecule has 0 spiro atoms. The van der Waals surface area contributed by atoms with E-state index in [1.165, 1.54) is 51.4 Å². The molecule has 112 valence electrons. The van der Waals surface area contributed by atoms with E-state index in [4.69, 9.17) is 4.74 Å². The predicted molar refractivity (Wildman–Crippen MR) is 82.2 cm³/mol. The molecule has 0 radical (unpaired) electrons. The van der Waals surface area contributed by atoms with Crippen molar-refractivity contribution in [1.82, 2.24) is 0 Å². The second kappa shape index (κ2) is 15.3. The normalized spacial score (nSPS) is 11.1. The number of allylic oxidation sites excluding steroid dienone is 2. The molecule has 0 aromatic heterocycles. The van der Waals surface area contributed by atoms with Gasteiger partial charge in [-0.25, -0.2) is 0 Å². The van der Waals surface area contributed by atoms with Crippen LogP contribution in [0.5, 0.6) is 0 Å². The predicted octanol–water partition coefficient (Wildman–Crippen LogP) is 5.42. The van der Waals surface area contributed by atoms with Crippen LogP contribution in [0.1, 0.15) is 84.5 Å². The van der Waals surface area contributed by atoms with Crippen LogP contribution < -0.4 is 0 Å². The molecule has 0 atom stereocenters. The lowest BCUT2D eigenvalue weighted by atomic mass is 10.1. The Morgan fingerprint density at radius 3 is 2.05 bits per heavy atom. The molecule has 0 aromatic carbocycles. The number of hydrogen-bond acceptors (Lipinski definition) is 2. The third-order valence-corrected chi connectivity index (χ3v) is 3.20. The van der Waals surface area contributed by atoms with Gasteiger partial charge in [0.1, 0.15) is 0 Å². The molecule has 0 aromatic rings. The molecule has 0 aliphatic heterocycles. The summed E-state index contributed by atoms with van der Waals surface area (Å²) >= 11 is 0. The van der Waals surface area contributed by atoms with Gasteiger partial charge in [0.25, 0.3) is 0 Å². The number of rotatable bonds is 13. The molecule has 0 aliphatic carbocycles. The summed E-state index contributed by atoms with van der Waals surface area (Å²) in [5, 5.41) is 0. The van der Waals surface area contributed by atoms with Gasteiger partial charge in [0, 0.05) is 6.42 Å². The molecule has 0 bridgehead atoms. The first-order valence-corrected chi connectivity index (χ1v) is 8.11. The Morgan fingerprint density at radius 1 is 0.842 bits per heavy atom. The molecule has 0 unspecified atom stereocenters. The van der Waals surface area contributed by atoms with Gasteiger partial charge in [-0.1, -0.05) is 57.6 Å². The smallest absolute Gasteiger partial charge is 0.305 e. The highest BCUT2D eigenvalue weighted by Crippen LogP contribution is 2.09. The summed E-state index contributed by atoms with van der Waals surface area (Å²) in [5.41, 5.74) is 0. The summed E-state index contributed by atoms with van der Waals surface area (Å²) in [5.74, 6) is -0.0419. The van der Waals surface area contributed by atoms with E-state index < -0.39 is 0 Å². The van der Waals surface area contributed by atoms with E-state index in [0.29, 0.717) is 13.0 Å². The lowest BCUT2D eigenvalue weighted by Crippen LogP contribution is -2.03. The molecule has 0 rings (SSSR count). The maximum Gasteiger partial charge on any atom is 0.305 e. The fourth-order valence-electron chi connectivity index (χ4n) is 2.03. The molecule has 19 heavy (non-hydrogen) atoms. The summed E-state index contributed by atoms with van der Waals surface area (Å²) < 4.78 is 4.90. The first kappa shape index (κ1) is 18.2. The van der Waals surface area contributed by atoms with Crippen molar-refractivity contribution in [2.75, 3.05) is 6.61 Å².